The van der Waals surface area contributed by atoms with Crippen molar-refractivity contribution in [2.24, 2.45) is 10.9 Å². The molecule has 0 heterocycles. The van der Waals surface area contributed by atoms with Crippen LogP contribution in [0.1, 0.15) is 25.0 Å². The predicted molar refractivity (Wildman–Crippen MR) is 63.4 cm³/mol. The molecule has 0 bridgehead atoms. The molecule has 0 atom stereocenters. The van der Waals surface area contributed by atoms with Crippen molar-refractivity contribution >= 4 is 6.08 Å². The molecule has 0 radical (unpaired) electrons. The van der Waals surface area contributed by atoms with Gasteiger partial charge in [0.15, 0.2) is 0 Å². The maximum atomic E-state index is 10.1. The van der Waals surface area contributed by atoms with Crippen molar-refractivity contribution in [3.8, 4) is 5.75 Å². The summed E-state index contributed by atoms with van der Waals surface area (Å²) in [6.45, 7) is 4.68. The molecule has 0 aliphatic rings. The van der Waals surface area contributed by atoms with Crippen LogP contribution in [0.5, 0.6) is 5.75 Å². The highest BCUT2D eigenvalue weighted by Gasteiger charge is 2.05. The first-order valence-corrected chi connectivity index (χ1v) is 5.36. The van der Waals surface area contributed by atoms with Gasteiger partial charge in [0.25, 0.3) is 0 Å². The molecule has 0 aliphatic heterocycles. The summed E-state index contributed by atoms with van der Waals surface area (Å²) in [4.78, 5) is 13.7. The number of hydrogen-bond acceptors (Lipinski definition) is 3. The van der Waals surface area contributed by atoms with Crippen LogP contribution < -0.4 is 4.74 Å². The van der Waals surface area contributed by atoms with Gasteiger partial charge in [-0.05, 0) is 24.0 Å². The molecule has 86 valence electrons. The molecule has 0 amide bonds. The fourth-order valence-corrected chi connectivity index (χ4v) is 1.67. The van der Waals surface area contributed by atoms with Gasteiger partial charge in [0.1, 0.15) is 5.75 Å². The number of isocyanates is 1. The minimum Gasteiger partial charge on any atom is -0.496 e. The first kappa shape index (κ1) is 12.5. The molecule has 1 rings (SSSR count). The quantitative estimate of drug-likeness (QED) is 0.564. The molecule has 0 N–H and O–H groups in total. The number of rotatable bonds is 5. The van der Waals surface area contributed by atoms with Crippen molar-refractivity contribution in [1.29, 1.82) is 0 Å². The second kappa shape index (κ2) is 6.09. The summed E-state index contributed by atoms with van der Waals surface area (Å²) in [5, 5.41) is 0. The maximum absolute atomic E-state index is 10.1. The van der Waals surface area contributed by atoms with E-state index in [9.17, 15) is 4.79 Å². The van der Waals surface area contributed by atoms with E-state index < -0.39 is 0 Å². The zero-order chi connectivity index (χ0) is 12.0. The van der Waals surface area contributed by atoms with Crippen LogP contribution in [-0.4, -0.2) is 13.2 Å². The van der Waals surface area contributed by atoms with Crippen LogP contribution in [-0.2, 0) is 17.8 Å². The summed E-state index contributed by atoms with van der Waals surface area (Å²) in [5.74, 6) is 1.38. The number of benzene rings is 1. The Morgan fingerprint density at radius 3 is 2.75 bits per heavy atom. The second-order valence-electron chi connectivity index (χ2n) is 4.15. The molecule has 0 unspecified atom stereocenters. The van der Waals surface area contributed by atoms with Gasteiger partial charge in [-0.25, -0.2) is 9.79 Å². The summed E-state index contributed by atoms with van der Waals surface area (Å²) in [7, 11) is 1.62. The first-order valence-electron chi connectivity index (χ1n) is 5.36. The summed E-state index contributed by atoms with van der Waals surface area (Å²) in [6, 6.07) is 6.01. The van der Waals surface area contributed by atoms with Gasteiger partial charge in [-0.15, -0.1) is 0 Å². The molecule has 1 aromatic carbocycles. The van der Waals surface area contributed by atoms with Crippen LogP contribution in [0.15, 0.2) is 23.2 Å². The van der Waals surface area contributed by atoms with Crippen molar-refractivity contribution in [3.05, 3.63) is 29.3 Å². The molecule has 0 aliphatic carbocycles. The Labute approximate surface area is 96.2 Å². The van der Waals surface area contributed by atoms with E-state index in [1.807, 2.05) is 18.2 Å². The van der Waals surface area contributed by atoms with Gasteiger partial charge in [0, 0.05) is 5.56 Å². The largest absolute Gasteiger partial charge is 0.496 e. The van der Waals surface area contributed by atoms with Crippen LogP contribution in [0.3, 0.4) is 0 Å². The van der Waals surface area contributed by atoms with E-state index in [4.69, 9.17) is 4.74 Å². The molecule has 0 saturated heterocycles. The minimum absolute atomic E-state index is 0.332. The lowest BCUT2D eigenvalue weighted by Gasteiger charge is -2.10. The molecule has 3 nitrogen and oxygen atoms in total. The smallest absolute Gasteiger partial charge is 0.235 e. The molecule has 0 saturated carbocycles. The Morgan fingerprint density at radius 1 is 1.44 bits per heavy atom. The van der Waals surface area contributed by atoms with Crippen molar-refractivity contribution in [2.75, 3.05) is 7.11 Å². The zero-order valence-electron chi connectivity index (χ0n) is 9.99. The lowest BCUT2D eigenvalue weighted by molar-refractivity contribution is 0.409. The number of methoxy groups -OCH3 is 1. The van der Waals surface area contributed by atoms with Gasteiger partial charge in [0.2, 0.25) is 6.08 Å². The van der Waals surface area contributed by atoms with E-state index in [1.165, 1.54) is 5.56 Å². The van der Waals surface area contributed by atoms with Gasteiger partial charge in [-0.2, -0.15) is 0 Å². The zero-order valence-corrected chi connectivity index (χ0v) is 9.99. The monoisotopic (exact) mass is 219 g/mol. The van der Waals surface area contributed by atoms with Crippen molar-refractivity contribution in [2.45, 2.75) is 26.8 Å². The Morgan fingerprint density at radius 2 is 2.19 bits per heavy atom. The molecular weight excluding hydrogens is 202 g/mol. The molecule has 1 aromatic rings. The summed E-state index contributed by atoms with van der Waals surface area (Å²) in [5.41, 5.74) is 2.18. The highest BCUT2D eigenvalue weighted by atomic mass is 16.5. The summed E-state index contributed by atoms with van der Waals surface area (Å²) >= 11 is 0. The highest BCUT2D eigenvalue weighted by molar-refractivity contribution is 5.40. The summed E-state index contributed by atoms with van der Waals surface area (Å²) < 4.78 is 5.21. The Kier molecular flexibility index (Phi) is 4.74. The molecule has 16 heavy (non-hydrogen) atoms. The fraction of sp³-hybridized carbons (Fsp3) is 0.462. The number of hydrogen-bond donors (Lipinski definition) is 0. The SMILES string of the molecule is COc1ccc(CC(C)C)cc1CN=C=O. The van der Waals surface area contributed by atoms with E-state index in [2.05, 4.69) is 18.8 Å². The molecule has 0 fully saturated rings. The molecule has 0 aromatic heterocycles. The van der Waals surface area contributed by atoms with Crippen LogP contribution in [0, 0.1) is 5.92 Å². The maximum Gasteiger partial charge on any atom is 0.235 e. The third kappa shape index (κ3) is 3.52. The standard InChI is InChI=1S/C13H17NO2/c1-10(2)6-11-4-5-13(16-3)12(7-11)8-14-9-15/h4-5,7,10H,6,8H2,1-3H3. The van der Waals surface area contributed by atoms with E-state index in [1.54, 1.807) is 13.2 Å². The van der Waals surface area contributed by atoms with Gasteiger partial charge < -0.3 is 4.74 Å². The van der Waals surface area contributed by atoms with E-state index in [0.717, 1.165) is 17.7 Å². The fourth-order valence-electron chi connectivity index (χ4n) is 1.67. The van der Waals surface area contributed by atoms with Crippen LogP contribution in [0.25, 0.3) is 0 Å². The van der Waals surface area contributed by atoms with Gasteiger partial charge in [-0.3, -0.25) is 0 Å². The normalized spacial score (nSPS) is 10.0. The molecule has 3 heteroatoms. The highest BCUT2D eigenvalue weighted by Crippen LogP contribution is 2.22. The Hall–Kier alpha value is -1.60. The van der Waals surface area contributed by atoms with Gasteiger partial charge in [0.05, 0.1) is 13.7 Å². The number of ether oxygens (including phenoxy) is 1. The van der Waals surface area contributed by atoms with Crippen molar-refractivity contribution in [3.63, 3.8) is 0 Å². The Balaban J connectivity index is 2.95. The van der Waals surface area contributed by atoms with Crippen LogP contribution in [0.2, 0.25) is 0 Å². The van der Waals surface area contributed by atoms with Crippen LogP contribution in [0.4, 0.5) is 0 Å². The van der Waals surface area contributed by atoms with Crippen LogP contribution >= 0.6 is 0 Å². The van der Waals surface area contributed by atoms with Gasteiger partial charge >= 0.3 is 0 Å². The lowest BCUT2D eigenvalue weighted by Crippen LogP contribution is -1.97. The minimum atomic E-state index is 0.332. The lowest BCUT2D eigenvalue weighted by atomic mass is 10.0. The van der Waals surface area contributed by atoms with E-state index >= 15 is 0 Å². The predicted octanol–water partition coefficient (Wildman–Crippen LogP) is 2.73. The number of aliphatic imine (C=N–C) groups is 1. The topological polar surface area (TPSA) is 38.7 Å². The van der Waals surface area contributed by atoms with Gasteiger partial charge in [-0.1, -0.05) is 26.0 Å². The summed E-state index contributed by atoms with van der Waals surface area (Å²) in [6.07, 6.45) is 2.56. The first-order chi connectivity index (χ1) is 7.67. The van der Waals surface area contributed by atoms with Crippen molar-refractivity contribution < 1.29 is 9.53 Å². The number of nitrogens with zero attached hydrogens (tertiary/aromatic N) is 1. The average Bonchev–Trinajstić information content (AvgIpc) is 2.25. The third-order valence-electron chi connectivity index (χ3n) is 2.30. The second-order valence-corrected chi connectivity index (χ2v) is 4.15. The average molecular weight is 219 g/mol. The molecular formula is C13H17NO2. The number of carbonyl (C=O) groups excluding carboxylic acids is 1. The Bertz CT molecular complexity index is 393. The third-order valence-corrected chi connectivity index (χ3v) is 2.30. The van der Waals surface area contributed by atoms with E-state index in [0.29, 0.717) is 12.5 Å². The van der Waals surface area contributed by atoms with E-state index in [-0.39, 0.29) is 0 Å². The van der Waals surface area contributed by atoms with Crippen molar-refractivity contribution in [1.82, 2.24) is 0 Å². The molecule has 0 spiro atoms.